The fourth-order valence-electron chi connectivity index (χ4n) is 2.82. The fraction of sp³-hybridized carbons (Fsp3) is 0.300. The lowest BCUT2D eigenvalue weighted by Crippen LogP contribution is -2.50. The largest absolute Gasteiger partial charge is 0.357 e. The predicted octanol–water partition coefficient (Wildman–Crippen LogP) is 2.92. The lowest BCUT2D eigenvalue weighted by atomic mass is 10.1. The number of carbonyl (C=O) groups is 2. The molecular formula is C20H23Cl2N3O4S. The molecule has 1 unspecified atom stereocenters. The number of anilines is 1. The van der Waals surface area contributed by atoms with Gasteiger partial charge in [0.05, 0.1) is 11.9 Å². The van der Waals surface area contributed by atoms with Crippen molar-refractivity contribution >= 4 is 50.7 Å². The Hall–Kier alpha value is -2.29. The third-order valence-electron chi connectivity index (χ3n) is 4.46. The fourth-order valence-corrected chi connectivity index (χ4v) is 3.97. The molecule has 0 radical (unpaired) electrons. The molecule has 162 valence electrons. The van der Waals surface area contributed by atoms with Gasteiger partial charge in [0.1, 0.15) is 12.6 Å². The van der Waals surface area contributed by atoms with Crippen LogP contribution in [0.5, 0.6) is 0 Å². The first-order valence-corrected chi connectivity index (χ1v) is 11.6. The highest BCUT2D eigenvalue weighted by molar-refractivity contribution is 7.92. The van der Waals surface area contributed by atoms with E-state index in [1.807, 2.05) is 0 Å². The molecule has 0 aliphatic heterocycles. The van der Waals surface area contributed by atoms with Gasteiger partial charge in [0, 0.05) is 23.6 Å². The highest BCUT2D eigenvalue weighted by Crippen LogP contribution is 2.22. The highest BCUT2D eigenvalue weighted by Gasteiger charge is 2.29. The van der Waals surface area contributed by atoms with Crippen molar-refractivity contribution in [1.82, 2.24) is 10.2 Å². The number of benzene rings is 2. The number of carbonyl (C=O) groups excluding carboxylic acids is 2. The van der Waals surface area contributed by atoms with Crippen molar-refractivity contribution in [3.8, 4) is 0 Å². The average Bonchev–Trinajstić information content (AvgIpc) is 2.69. The van der Waals surface area contributed by atoms with Gasteiger partial charge in [0.2, 0.25) is 21.8 Å². The van der Waals surface area contributed by atoms with E-state index in [9.17, 15) is 18.0 Å². The molecule has 2 aromatic carbocycles. The van der Waals surface area contributed by atoms with E-state index >= 15 is 0 Å². The van der Waals surface area contributed by atoms with Crippen molar-refractivity contribution < 1.29 is 18.0 Å². The van der Waals surface area contributed by atoms with E-state index in [0.29, 0.717) is 10.0 Å². The van der Waals surface area contributed by atoms with Gasteiger partial charge in [-0.2, -0.15) is 0 Å². The lowest BCUT2D eigenvalue weighted by molar-refractivity contribution is -0.139. The standard InChI is InChI=1S/C20H23Cl2N3O4S/c1-14(20(27)23-2)24(12-15-7-9-16(21)10-8-15)19(26)13-25(30(3,28)29)18-6-4-5-17(22)11-18/h4-11,14H,12-13H2,1-3H3,(H,23,27). The molecule has 1 N–H and O–H groups in total. The van der Waals surface area contributed by atoms with Crippen LogP contribution in [0.25, 0.3) is 0 Å². The number of hydrogen-bond donors (Lipinski definition) is 1. The minimum absolute atomic E-state index is 0.109. The number of amides is 2. The zero-order valence-electron chi connectivity index (χ0n) is 16.8. The van der Waals surface area contributed by atoms with Crippen molar-refractivity contribution in [3.05, 3.63) is 64.1 Å². The summed E-state index contributed by atoms with van der Waals surface area (Å²) in [6, 6.07) is 12.2. The first-order chi connectivity index (χ1) is 14.0. The van der Waals surface area contributed by atoms with Crippen LogP contribution < -0.4 is 9.62 Å². The summed E-state index contributed by atoms with van der Waals surface area (Å²) in [6.07, 6.45) is 1.01. The van der Waals surface area contributed by atoms with E-state index in [0.717, 1.165) is 16.1 Å². The van der Waals surface area contributed by atoms with Gasteiger partial charge in [0.15, 0.2) is 0 Å². The van der Waals surface area contributed by atoms with Crippen LogP contribution in [-0.4, -0.2) is 51.0 Å². The molecule has 0 spiro atoms. The molecule has 0 saturated heterocycles. The minimum Gasteiger partial charge on any atom is -0.357 e. The molecular weight excluding hydrogens is 449 g/mol. The van der Waals surface area contributed by atoms with E-state index in [1.165, 1.54) is 18.0 Å². The molecule has 1 atom stereocenters. The molecule has 10 heteroatoms. The number of nitrogens with zero attached hydrogens (tertiary/aromatic N) is 2. The molecule has 0 saturated carbocycles. The van der Waals surface area contributed by atoms with Gasteiger partial charge < -0.3 is 10.2 Å². The van der Waals surface area contributed by atoms with E-state index in [-0.39, 0.29) is 18.1 Å². The second-order valence-electron chi connectivity index (χ2n) is 6.69. The maximum Gasteiger partial charge on any atom is 0.244 e. The Bertz CT molecular complexity index is 1010. The van der Waals surface area contributed by atoms with Crippen LogP contribution >= 0.6 is 23.2 Å². The minimum atomic E-state index is -3.78. The van der Waals surface area contributed by atoms with E-state index < -0.39 is 28.5 Å². The van der Waals surface area contributed by atoms with Gasteiger partial charge in [0.25, 0.3) is 0 Å². The molecule has 2 rings (SSSR count). The van der Waals surface area contributed by atoms with Crippen LogP contribution in [0.1, 0.15) is 12.5 Å². The van der Waals surface area contributed by atoms with E-state index in [1.54, 1.807) is 49.4 Å². The molecule has 0 aromatic heterocycles. The second-order valence-corrected chi connectivity index (χ2v) is 9.47. The van der Waals surface area contributed by atoms with Crippen molar-refractivity contribution in [2.75, 3.05) is 24.2 Å². The van der Waals surface area contributed by atoms with Crippen molar-refractivity contribution in [2.45, 2.75) is 19.5 Å². The SMILES string of the molecule is CNC(=O)C(C)N(Cc1ccc(Cl)cc1)C(=O)CN(c1cccc(Cl)c1)S(C)(=O)=O. The summed E-state index contributed by atoms with van der Waals surface area (Å²) in [6.45, 7) is 1.21. The molecule has 0 aliphatic rings. The number of hydrogen-bond acceptors (Lipinski definition) is 4. The Morgan fingerprint density at radius 1 is 1.07 bits per heavy atom. The van der Waals surface area contributed by atoms with Crippen LogP contribution in [0, 0.1) is 0 Å². The van der Waals surface area contributed by atoms with Crippen LogP contribution in [0.2, 0.25) is 10.0 Å². The number of rotatable bonds is 8. The van der Waals surface area contributed by atoms with Crippen LogP contribution in [0.3, 0.4) is 0 Å². The van der Waals surface area contributed by atoms with Crippen LogP contribution in [0.4, 0.5) is 5.69 Å². The normalized spacial score (nSPS) is 12.2. The van der Waals surface area contributed by atoms with Gasteiger partial charge in [-0.15, -0.1) is 0 Å². The first-order valence-electron chi connectivity index (χ1n) is 9.01. The van der Waals surface area contributed by atoms with Crippen LogP contribution in [0.15, 0.2) is 48.5 Å². The maximum atomic E-state index is 13.2. The summed E-state index contributed by atoms with van der Waals surface area (Å²) in [5.41, 5.74) is 1.01. The first kappa shape index (κ1) is 24.0. The van der Waals surface area contributed by atoms with Crippen molar-refractivity contribution in [3.63, 3.8) is 0 Å². The Kier molecular flexibility index (Phi) is 8.11. The maximum absolute atomic E-state index is 13.2. The van der Waals surface area contributed by atoms with Gasteiger partial charge in [-0.1, -0.05) is 41.4 Å². The summed E-state index contributed by atoms with van der Waals surface area (Å²) in [5.74, 6) is -0.905. The van der Waals surface area contributed by atoms with Gasteiger partial charge in [-0.25, -0.2) is 8.42 Å². The quantitative estimate of drug-likeness (QED) is 0.640. The average molecular weight is 472 g/mol. The summed E-state index contributed by atoms with van der Waals surface area (Å²) in [4.78, 5) is 26.7. The molecule has 0 bridgehead atoms. The summed E-state index contributed by atoms with van der Waals surface area (Å²) in [7, 11) is -2.31. The smallest absolute Gasteiger partial charge is 0.244 e. The molecule has 0 heterocycles. The summed E-state index contributed by atoms with van der Waals surface area (Å²) >= 11 is 11.9. The molecule has 0 aliphatic carbocycles. The van der Waals surface area contributed by atoms with Crippen molar-refractivity contribution in [1.29, 1.82) is 0 Å². The summed E-state index contributed by atoms with van der Waals surface area (Å²) in [5, 5.41) is 3.39. The predicted molar refractivity (Wildman–Crippen MR) is 119 cm³/mol. The lowest BCUT2D eigenvalue weighted by Gasteiger charge is -2.31. The Labute approximate surface area is 186 Å². The molecule has 2 amide bonds. The topological polar surface area (TPSA) is 86.8 Å². The van der Waals surface area contributed by atoms with Gasteiger partial charge in [-0.3, -0.25) is 13.9 Å². The number of nitrogens with one attached hydrogen (secondary N) is 1. The second kappa shape index (κ2) is 10.1. The highest BCUT2D eigenvalue weighted by atomic mass is 35.5. The molecule has 30 heavy (non-hydrogen) atoms. The summed E-state index contributed by atoms with van der Waals surface area (Å²) < 4.78 is 25.7. The van der Waals surface area contributed by atoms with Crippen LogP contribution in [-0.2, 0) is 26.2 Å². The molecule has 7 nitrogen and oxygen atoms in total. The van der Waals surface area contributed by atoms with Gasteiger partial charge in [-0.05, 0) is 42.8 Å². The monoisotopic (exact) mass is 471 g/mol. The number of likely N-dealkylation sites (N-methyl/N-ethyl adjacent to an activating group) is 1. The zero-order valence-corrected chi connectivity index (χ0v) is 19.1. The Morgan fingerprint density at radius 2 is 1.70 bits per heavy atom. The molecule has 2 aromatic rings. The van der Waals surface area contributed by atoms with E-state index in [2.05, 4.69) is 5.32 Å². The Morgan fingerprint density at radius 3 is 2.23 bits per heavy atom. The third kappa shape index (κ3) is 6.35. The van der Waals surface area contributed by atoms with Crippen molar-refractivity contribution in [2.24, 2.45) is 0 Å². The number of sulfonamides is 1. The Balaban J connectivity index is 2.36. The van der Waals surface area contributed by atoms with Gasteiger partial charge >= 0.3 is 0 Å². The van der Waals surface area contributed by atoms with E-state index in [4.69, 9.17) is 23.2 Å². The molecule has 0 fully saturated rings. The third-order valence-corrected chi connectivity index (χ3v) is 6.08. The zero-order chi connectivity index (χ0) is 22.5. The number of halogens is 2.